The Hall–Kier alpha value is -1.63. The molecule has 0 bridgehead atoms. The van der Waals surface area contributed by atoms with Crippen molar-refractivity contribution in [2.45, 2.75) is 25.5 Å². The van der Waals surface area contributed by atoms with Crippen LogP contribution in [0.5, 0.6) is 0 Å². The van der Waals surface area contributed by atoms with Crippen LogP contribution in [-0.4, -0.2) is 73.9 Å². The van der Waals surface area contributed by atoms with Crippen molar-refractivity contribution in [1.82, 2.24) is 15.5 Å². The maximum Gasteiger partial charge on any atom is 0.234 e. The fourth-order valence-corrected chi connectivity index (χ4v) is 3.45. The molecule has 2 heterocycles. The number of piperidine rings is 1. The number of benzene rings is 1. The maximum atomic E-state index is 12.2. The number of nitrogens with zero attached hydrogens (tertiary/aromatic N) is 2. The highest BCUT2D eigenvalue weighted by atomic mass is 16.3. The van der Waals surface area contributed by atoms with Crippen molar-refractivity contribution >= 4 is 11.6 Å². The van der Waals surface area contributed by atoms with Crippen molar-refractivity contribution < 1.29 is 9.90 Å². The van der Waals surface area contributed by atoms with Crippen LogP contribution in [-0.2, 0) is 4.79 Å². The highest BCUT2D eigenvalue weighted by molar-refractivity contribution is 5.78. The van der Waals surface area contributed by atoms with Gasteiger partial charge in [0.25, 0.3) is 0 Å². The van der Waals surface area contributed by atoms with E-state index in [1.165, 1.54) is 11.3 Å². The fourth-order valence-electron chi connectivity index (χ4n) is 3.45. The smallest absolute Gasteiger partial charge is 0.234 e. The summed E-state index contributed by atoms with van der Waals surface area (Å²) < 4.78 is 0. The number of aryl methyl sites for hydroxylation is 1. The highest BCUT2D eigenvalue weighted by Crippen LogP contribution is 2.17. The predicted molar refractivity (Wildman–Crippen MR) is 95.3 cm³/mol. The van der Waals surface area contributed by atoms with E-state index in [9.17, 15) is 9.90 Å². The van der Waals surface area contributed by atoms with Crippen molar-refractivity contribution in [3.8, 4) is 0 Å². The van der Waals surface area contributed by atoms with Crippen LogP contribution < -0.4 is 15.5 Å². The molecule has 1 aromatic carbocycles. The van der Waals surface area contributed by atoms with E-state index in [-0.39, 0.29) is 11.9 Å². The summed E-state index contributed by atoms with van der Waals surface area (Å²) >= 11 is 0. The standard InChI is InChI=1S/C18H28N4O2/c1-14-3-2-4-15(11-14)22-9-7-21(8-10-22)13-18(24)20-16-5-6-19-12-17(16)23/h2-4,11,16-17,19,23H,5-10,12-13H2,1H3,(H,20,24)/t16-,17-/m1/s1. The number of amides is 1. The number of β-amino-alcohol motifs (C(OH)–C–C–N with tert-alkyl or cyclic N) is 1. The van der Waals surface area contributed by atoms with E-state index in [2.05, 4.69) is 51.6 Å². The number of anilines is 1. The summed E-state index contributed by atoms with van der Waals surface area (Å²) in [6.45, 7) is 7.57. The topological polar surface area (TPSA) is 67.8 Å². The SMILES string of the molecule is Cc1cccc(N2CCN(CC(=O)N[C@@H]3CCNC[C@H]3O)CC2)c1. The molecule has 0 aromatic heterocycles. The molecule has 0 radical (unpaired) electrons. The van der Waals surface area contributed by atoms with Gasteiger partial charge in [-0.05, 0) is 37.6 Å². The number of hydrogen-bond acceptors (Lipinski definition) is 5. The summed E-state index contributed by atoms with van der Waals surface area (Å²) in [5.41, 5.74) is 2.53. The predicted octanol–water partition coefficient (Wildman–Crippen LogP) is -0.0440. The lowest BCUT2D eigenvalue weighted by Gasteiger charge is -2.36. The van der Waals surface area contributed by atoms with E-state index in [0.29, 0.717) is 13.1 Å². The van der Waals surface area contributed by atoms with E-state index in [1.807, 2.05) is 0 Å². The molecule has 6 nitrogen and oxygen atoms in total. The van der Waals surface area contributed by atoms with Crippen LogP contribution in [0.2, 0.25) is 0 Å². The van der Waals surface area contributed by atoms with Gasteiger partial charge in [0.15, 0.2) is 0 Å². The number of piperazine rings is 1. The molecule has 2 aliphatic rings. The number of nitrogens with one attached hydrogen (secondary N) is 2. The normalized spacial score (nSPS) is 25.5. The molecule has 1 aromatic rings. The van der Waals surface area contributed by atoms with E-state index < -0.39 is 6.10 Å². The Kier molecular flexibility index (Phi) is 5.71. The lowest BCUT2D eigenvalue weighted by atomic mass is 10.0. The van der Waals surface area contributed by atoms with Crippen molar-refractivity contribution in [2.24, 2.45) is 0 Å². The van der Waals surface area contributed by atoms with E-state index in [1.54, 1.807) is 0 Å². The molecule has 2 atom stereocenters. The Bertz CT molecular complexity index is 558. The summed E-state index contributed by atoms with van der Waals surface area (Å²) in [4.78, 5) is 16.8. The second kappa shape index (κ2) is 7.96. The lowest BCUT2D eigenvalue weighted by Crippen LogP contribution is -2.55. The van der Waals surface area contributed by atoms with Gasteiger partial charge in [0.05, 0.1) is 18.7 Å². The molecule has 2 fully saturated rings. The number of aliphatic hydroxyl groups is 1. The number of hydrogen-bond donors (Lipinski definition) is 3. The van der Waals surface area contributed by atoms with Gasteiger partial charge in [-0.15, -0.1) is 0 Å². The Morgan fingerprint density at radius 3 is 2.83 bits per heavy atom. The molecular weight excluding hydrogens is 304 g/mol. The second-order valence-corrected chi connectivity index (χ2v) is 6.84. The quantitative estimate of drug-likeness (QED) is 0.722. The third-order valence-corrected chi connectivity index (χ3v) is 4.90. The fraction of sp³-hybridized carbons (Fsp3) is 0.611. The largest absolute Gasteiger partial charge is 0.390 e. The third kappa shape index (κ3) is 4.47. The van der Waals surface area contributed by atoms with Crippen molar-refractivity contribution in [3.05, 3.63) is 29.8 Å². The molecule has 0 aliphatic carbocycles. The van der Waals surface area contributed by atoms with Gasteiger partial charge in [0.1, 0.15) is 0 Å². The van der Waals surface area contributed by atoms with E-state index in [4.69, 9.17) is 0 Å². The van der Waals surface area contributed by atoms with Crippen LogP contribution in [0.25, 0.3) is 0 Å². The first kappa shape index (κ1) is 17.2. The molecule has 3 N–H and O–H groups in total. The average molecular weight is 332 g/mol. The van der Waals surface area contributed by atoms with Crippen LogP contribution >= 0.6 is 0 Å². The maximum absolute atomic E-state index is 12.2. The Morgan fingerprint density at radius 2 is 2.12 bits per heavy atom. The molecular formula is C18H28N4O2. The van der Waals surface area contributed by atoms with Gasteiger partial charge >= 0.3 is 0 Å². The minimum absolute atomic E-state index is 0.0185. The zero-order valence-corrected chi connectivity index (χ0v) is 14.4. The van der Waals surface area contributed by atoms with Crippen LogP contribution in [0.1, 0.15) is 12.0 Å². The summed E-state index contributed by atoms with van der Waals surface area (Å²) in [5, 5.41) is 16.0. The second-order valence-electron chi connectivity index (χ2n) is 6.84. The summed E-state index contributed by atoms with van der Waals surface area (Å²) in [5.74, 6) is 0.0185. The van der Waals surface area contributed by atoms with Gasteiger partial charge in [-0.3, -0.25) is 9.69 Å². The van der Waals surface area contributed by atoms with Gasteiger partial charge in [-0.2, -0.15) is 0 Å². The van der Waals surface area contributed by atoms with E-state index >= 15 is 0 Å². The minimum atomic E-state index is -0.485. The lowest BCUT2D eigenvalue weighted by molar-refractivity contribution is -0.124. The summed E-state index contributed by atoms with van der Waals surface area (Å²) in [6.07, 6.45) is 0.300. The zero-order valence-electron chi connectivity index (χ0n) is 14.4. The monoisotopic (exact) mass is 332 g/mol. The molecule has 1 amide bonds. The van der Waals surface area contributed by atoms with Crippen LogP contribution in [0, 0.1) is 6.92 Å². The van der Waals surface area contributed by atoms with Gasteiger partial charge in [-0.1, -0.05) is 12.1 Å². The van der Waals surface area contributed by atoms with Crippen molar-refractivity contribution in [1.29, 1.82) is 0 Å². The Morgan fingerprint density at radius 1 is 1.33 bits per heavy atom. The first-order valence-corrected chi connectivity index (χ1v) is 8.84. The number of rotatable bonds is 4. The third-order valence-electron chi connectivity index (χ3n) is 4.90. The molecule has 0 spiro atoms. The molecule has 6 heteroatoms. The number of carbonyl (C=O) groups is 1. The summed E-state index contributed by atoms with van der Waals surface area (Å²) in [6, 6.07) is 8.44. The van der Waals surface area contributed by atoms with Gasteiger partial charge in [-0.25, -0.2) is 0 Å². The minimum Gasteiger partial charge on any atom is -0.390 e. The highest BCUT2D eigenvalue weighted by Gasteiger charge is 2.25. The Balaban J connectivity index is 1.44. The zero-order chi connectivity index (χ0) is 16.9. The molecule has 24 heavy (non-hydrogen) atoms. The van der Waals surface area contributed by atoms with Gasteiger partial charge in [0, 0.05) is 38.4 Å². The van der Waals surface area contributed by atoms with E-state index in [0.717, 1.165) is 39.1 Å². The number of carbonyl (C=O) groups excluding carboxylic acids is 1. The molecule has 3 rings (SSSR count). The first-order chi connectivity index (χ1) is 11.6. The summed E-state index contributed by atoms with van der Waals surface area (Å²) in [7, 11) is 0. The van der Waals surface area contributed by atoms with Gasteiger partial charge in [0.2, 0.25) is 5.91 Å². The molecule has 0 saturated carbocycles. The van der Waals surface area contributed by atoms with Crippen molar-refractivity contribution in [3.63, 3.8) is 0 Å². The Labute approximate surface area is 143 Å². The van der Waals surface area contributed by atoms with Crippen LogP contribution in [0.15, 0.2) is 24.3 Å². The van der Waals surface area contributed by atoms with Crippen LogP contribution in [0.4, 0.5) is 5.69 Å². The molecule has 2 saturated heterocycles. The van der Waals surface area contributed by atoms with Gasteiger partial charge < -0.3 is 20.6 Å². The van der Waals surface area contributed by atoms with Crippen LogP contribution in [0.3, 0.4) is 0 Å². The average Bonchev–Trinajstić information content (AvgIpc) is 2.58. The number of aliphatic hydroxyl groups excluding tert-OH is 1. The molecule has 0 unspecified atom stereocenters. The first-order valence-electron chi connectivity index (χ1n) is 8.84. The molecule has 2 aliphatic heterocycles. The molecule has 132 valence electrons. The van der Waals surface area contributed by atoms with Crippen molar-refractivity contribution in [2.75, 3.05) is 50.7 Å².